The van der Waals surface area contributed by atoms with Gasteiger partial charge in [0.15, 0.2) is 6.23 Å². The van der Waals surface area contributed by atoms with E-state index in [1.165, 1.54) is 18.2 Å². The molecule has 0 aliphatic carbocycles. The van der Waals surface area contributed by atoms with Gasteiger partial charge in [0.25, 0.3) is 0 Å². The van der Waals surface area contributed by atoms with Crippen molar-refractivity contribution in [2.24, 2.45) is 5.14 Å². The molecule has 3 aromatic rings. The number of hydrogen-bond acceptors (Lipinski definition) is 6. The van der Waals surface area contributed by atoms with Crippen LogP contribution in [0.15, 0.2) is 53.6 Å². The number of rotatable bonds is 4. The van der Waals surface area contributed by atoms with Gasteiger partial charge >= 0.3 is 0 Å². The molecule has 7 nitrogen and oxygen atoms in total. The highest BCUT2D eigenvalue weighted by Gasteiger charge is 2.53. The maximum absolute atomic E-state index is 14.7. The molecule has 3 aliphatic rings. The Morgan fingerprint density at radius 2 is 1.97 bits per heavy atom. The number of hydrogen-bond donors (Lipinski definition) is 1. The third-order valence-corrected chi connectivity index (χ3v) is 7.59. The topological polar surface area (TPSA) is 98.0 Å². The molecule has 1 saturated heterocycles. The summed E-state index contributed by atoms with van der Waals surface area (Å²) in [6, 6.07) is 11.0. The van der Waals surface area contributed by atoms with E-state index < -0.39 is 26.6 Å². The van der Waals surface area contributed by atoms with Crippen molar-refractivity contribution in [2.45, 2.75) is 42.6 Å². The highest BCUT2D eigenvalue weighted by molar-refractivity contribution is 7.89. The van der Waals surface area contributed by atoms with Crippen molar-refractivity contribution in [1.29, 1.82) is 0 Å². The fourth-order valence-electron chi connectivity index (χ4n) is 4.98. The van der Waals surface area contributed by atoms with Crippen LogP contribution in [0.2, 0.25) is 0 Å². The highest BCUT2D eigenvalue weighted by Crippen LogP contribution is 2.46. The Labute approximate surface area is 195 Å². The van der Waals surface area contributed by atoms with Crippen LogP contribution in [0.5, 0.6) is 5.75 Å². The van der Waals surface area contributed by atoms with E-state index in [4.69, 9.17) is 14.6 Å². The number of ether oxygens (including phenoxy) is 2. The Balaban J connectivity index is 1.24. The number of nitrogens with two attached hydrogens (primary N) is 1. The van der Waals surface area contributed by atoms with Crippen LogP contribution >= 0.6 is 0 Å². The summed E-state index contributed by atoms with van der Waals surface area (Å²) in [4.78, 5) is 5.62. The number of halogens is 2. The predicted octanol–water partition coefficient (Wildman–Crippen LogP) is 3.33. The van der Waals surface area contributed by atoms with E-state index in [9.17, 15) is 17.2 Å². The van der Waals surface area contributed by atoms with Gasteiger partial charge in [-0.3, -0.25) is 4.98 Å². The van der Waals surface area contributed by atoms with Crippen LogP contribution in [0.4, 0.5) is 14.5 Å². The number of benzene rings is 2. The van der Waals surface area contributed by atoms with Gasteiger partial charge in [-0.05, 0) is 41.5 Å². The quantitative estimate of drug-likeness (QED) is 0.570. The van der Waals surface area contributed by atoms with Crippen molar-refractivity contribution in [2.75, 3.05) is 11.4 Å². The number of sulfonamides is 1. The fraction of sp³-hybridized carbons (Fsp3) is 0.292. The van der Waals surface area contributed by atoms with Gasteiger partial charge in [-0.2, -0.15) is 0 Å². The molecule has 34 heavy (non-hydrogen) atoms. The summed E-state index contributed by atoms with van der Waals surface area (Å²) in [5.74, 6) is -0.805. The molecule has 6 rings (SSSR count). The molecule has 3 aliphatic heterocycles. The van der Waals surface area contributed by atoms with Crippen molar-refractivity contribution >= 4 is 15.7 Å². The summed E-state index contributed by atoms with van der Waals surface area (Å²) in [5, 5.41) is 5.19. The van der Waals surface area contributed by atoms with Crippen molar-refractivity contribution in [1.82, 2.24) is 4.98 Å². The zero-order valence-corrected chi connectivity index (χ0v) is 18.9. The molecule has 0 spiro atoms. The van der Waals surface area contributed by atoms with Crippen LogP contribution in [0.1, 0.15) is 24.0 Å². The van der Waals surface area contributed by atoms with Crippen LogP contribution in [-0.4, -0.2) is 38.4 Å². The third kappa shape index (κ3) is 3.44. The summed E-state index contributed by atoms with van der Waals surface area (Å²) in [6.07, 6.45) is 1.18. The maximum atomic E-state index is 14.7. The largest absolute Gasteiger partial charge is 0.487 e. The minimum Gasteiger partial charge on any atom is -0.487 e. The molecule has 10 heteroatoms. The monoisotopic (exact) mass is 485 g/mol. The molecule has 2 aromatic carbocycles. The summed E-state index contributed by atoms with van der Waals surface area (Å²) >= 11 is 0. The van der Waals surface area contributed by atoms with Crippen molar-refractivity contribution < 1.29 is 26.7 Å². The van der Waals surface area contributed by atoms with Gasteiger partial charge < -0.3 is 14.4 Å². The second kappa shape index (κ2) is 7.46. The van der Waals surface area contributed by atoms with Crippen LogP contribution in [-0.2, 0) is 21.2 Å². The highest BCUT2D eigenvalue weighted by atomic mass is 32.2. The van der Waals surface area contributed by atoms with Crippen molar-refractivity contribution in [3.8, 4) is 17.0 Å². The average Bonchev–Trinajstić information content (AvgIpc) is 3.38. The molecule has 0 amide bonds. The number of aromatic nitrogens is 1. The van der Waals surface area contributed by atoms with Crippen LogP contribution in [0.3, 0.4) is 0 Å². The molecular formula is C24H21F2N3O4S. The van der Waals surface area contributed by atoms with E-state index in [2.05, 4.69) is 4.98 Å². The molecule has 0 saturated carbocycles. The van der Waals surface area contributed by atoms with E-state index in [1.54, 1.807) is 30.5 Å². The second-order valence-electron chi connectivity index (χ2n) is 8.95. The average molecular weight is 486 g/mol. The zero-order chi connectivity index (χ0) is 23.8. The van der Waals surface area contributed by atoms with E-state index in [0.717, 1.165) is 5.56 Å². The fourth-order valence-corrected chi connectivity index (χ4v) is 5.59. The number of primary sulfonamides is 1. The number of fused-ring (bicyclic) bond motifs is 2. The third-order valence-electron chi connectivity index (χ3n) is 6.66. The molecule has 1 fully saturated rings. The van der Waals surface area contributed by atoms with Gasteiger partial charge in [-0.25, -0.2) is 22.3 Å². The lowest BCUT2D eigenvalue weighted by atomic mass is 10.0. The first-order chi connectivity index (χ1) is 16.2. The normalized spacial score (nSPS) is 25.1. The molecule has 4 atom stereocenters. The first-order valence-corrected chi connectivity index (χ1v) is 12.4. The van der Waals surface area contributed by atoms with E-state index >= 15 is 0 Å². The van der Waals surface area contributed by atoms with Crippen molar-refractivity contribution in [3.05, 3.63) is 71.4 Å². The Morgan fingerprint density at radius 3 is 2.71 bits per heavy atom. The number of nitrogens with zero attached hydrogens (tertiary/aromatic N) is 2. The lowest BCUT2D eigenvalue weighted by molar-refractivity contribution is 0.183. The maximum Gasteiger partial charge on any atom is 0.241 e. The Kier molecular flexibility index (Phi) is 4.71. The predicted molar refractivity (Wildman–Crippen MR) is 120 cm³/mol. The minimum absolute atomic E-state index is 0.0133. The van der Waals surface area contributed by atoms with Gasteiger partial charge in [0.2, 0.25) is 10.0 Å². The Morgan fingerprint density at radius 1 is 1.15 bits per heavy atom. The molecule has 176 valence electrons. The van der Waals surface area contributed by atoms with E-state index in [1.807, 2.05) is 11.8 Å². The van der Waals surface area contributed by atoms with Crippen LogP contribution in [0.25, 0.3) is 11.3 Å². The molecule has 0 bridgehead atoms. The zero-order valence-electron chi connectivity index (χ0n) is 18.1. The molecule has 1 aromatic heterocycles. The summed E-state index contributed by atoms with van der Waals surface area (Å²) in [7, 11) is -4.21. The number of epoxide rings is 1. The molecule has 2 N–H and O–H groups in total. The second-order valence-corrected chi connectivity index (χ2v) is 10.5. The standard InChI is InChI=1S/C24H21F2N3O4S/c1-12-11-29(19-10-22(34(27,30)31)17(26)8-14(12)19)24-23(33-24)21-7-13-6-15(16(25)9-20(13)32-21)18-4-2-3-5-28-18/h2-6,8-10,12,21,23-24H,7,11H2,1H3,(H2,27,30,31)/t12-,21+,23?,24?/m0/s1. The van der Waals surface area contributed by atoms with Gasteiger partial charge in [-0.15, -0.1) is 0 Å². The van der Waals surface area contributed by atoms with E-state index in [0.29, 0.717) is 41.2 Å². The van der Waals surface area contributed by atoms with Gasteiger partial charge in [0.1, 0.15) is 34.5 Å². The first kappa shape index (κ1) is 21.5. The molecule has 2 unspecified atom stereocenters. The van der Waals surface area contributed by atoms with Crippen LogP contribution in [0, 0.1) is 11.6 Å². The number of anilines is 1. The first-order valence-electron chi connectivity index (χ1n) is 10.9. The minimum atomic E-state index is -4.21. The molecule has 4 heterocycles. The molecular weight excluding hydrogens is 464 g/mol. The Bertz CT molecular complexity index is 1420. The number of pyridine rings is 1. The lowest BCUT2D eigenvalue weighted by Gasteiger charge is -2.18. The summed E-state index contributed by atoms with van der Waals surface area (Å²) < 4.78 is 64.7. The summed E-state index contributed by atoms with van der Waals surface area (Å²) in [5.41, 5.74) is 3.13. The van der Waals surface area contributed by atoms with E-state index in [-0.39, 0.29) is 24.4 Å². The van der Waals surface area contributed by atoms with Gasteiger partial charge in [-0.1, -0.05) is 13.0 Å². The smallest absolute Gasteiger partial charge is 0.241 e. The lowest BCUT2D eigenvalue weighted by Crippen LogP contribution is -2.32. The SMILES string of the molecule is C[C@H]1CN(C2OC2[C@H]2Cc3cc(-c4ccccn4)c(F)cc3O2)c2cc(S(N)(=O)=O)c(F)cc21. The molecule has 0 radical (unpaired) electrons. The van der Waals surface area contributed by atoms with Crippen molar-refractivity contribution in [3.63, 3.8) is 0 Å². The van der Waals surface area contributed by atoms with Gasteiger partial charge in [0, 0.05) is 42.4 Å². The Hall–Kier alpha value is -3.08. The van der Waals surface area contributed by atoms with Gasteiger partial charge in [0.05, 0.1) is 5.69 Å². The van der Waals surface area contributed by atoms with Crippen LogP contribution < -0.4 is 14.8 Å². The summed E-state index contributed by atoms with van der Waals surface area (Å²) in [6.45, 7) is 2.48.